The summed E-state index contributed by atoms with van der Waals surface area (Å²) in [7, 11) is 0. The van der Waals surface area contributed by atoms with Crippen molar-refractivity contribution in [2.45, 2.75) is 13.2 Å². The average Bonchev–Trinajstić information content (AvgIpc) is 3.25. The second-order valence-corrected chi connectivity index (χ2v) is 6.10. The van der Waals surface area contributed by atoms with E-state index in [2.05, 4.69) is 9.97 Å². The number of rotatable bonds is 5. The summed E-state index contributed by atoms with van der Waals surface area (Å²) in [6.45, 7) is 0.457. The van der Waals surface area contributed by atoms with Crippen molar-refractivity contribution < 1.29 is 9.84 Å². The van der Waals surface area contributed by atoms with Crippen LogP contribution < -0.4 is 4.74 Å². The second-order valence-electron chi connectivity index (χ2n) is 5.69. The van der Waals surface area contributed by atoms with Crippen LogP contribution in [0.4, 0.5) is 0 Å². The third kappa shape index (κ3) is 3.12. The zero-order valence-electron chi connectivity index (χ0n) is 13.3. The quantitative estimate of drug-likeness (QED) is 0.560. The number of para-hydroxylation sites is 1. The Hall–Kier alpha value is -2.76. The van der Waals surface area contributed by atoms with Gasteiger partial charge in [0.2, 0.25) is 0 Å². The van der Waals surface area contributed by atoms with Crippen LogP contribution in [-0.4, -0.2) is 19.6 Å². The predicted molar refractivity (Wildman–Crippen MR) is 97.1 cm³/mol. The predicted octanol–water partition coefficient (Wildman–Crippen LogP) is 4.35. The van der Waals surface area contributed by atoms with Crippen LogP contribution in [0.25, 0.3) is 10.9 Å². The van der Waals surface area contributed by atoms with Crippen molar-refractivity contribution in [3.63, 3.8) is 0 Å². The first kappa shape index (κ1) is 15.7. The summed E-state index contributed by atoms with van der Waals surface area (Å²) in [6.07, 6.45) is 3.47. The highest BCUT2D eigenvalue weighted by Crippen LogP contribution is 2.34. The summed E-state index contributed by atoms with van der Waals surface area (Å²) in [6, 6.07) is 15.2. The van der Waals surface area contributed by atoms with Crippen LogP contribution in [0, 0.1) is 0 Å². The Labute approximate surface area is 149 Å². The molecule has 0 fully saturated rings. The lowest BCUT2D eigenvalue weighted by atomic mass is 10.2. The van der Waals surface area contributed by atoms with Crippen molar-refractivity contribution in [3.05, 3.63) is 77.5 Å². The van der Waals surface area contributed by atoms with Gasteiger partial charge >= 0.3 is 0 Å². The summed E-state index contributed by atoms with van der Waals surface area (Å²) in [5, 5.41) is 11.2. The highest BCUT2D eigenvalue weighted by atomic mass is 35.5. The Bertz CT molecular complexity index is 995. The number of halogens is 1. The average molecular weight is 354 g/mol. The number of hydrogen-bond acceptors (Lipinski definition) is 3. The van der Waals surface area contributed by atoms with Gasteiger partial charge in [0.1, 0.15) is 11.5 Å². The Morgan fingerprint density at radius 1 is 1.12 bits per heavy atom. The Morgan fingerprint density at radius 3 is 2.68 bits per heavy atom. The molecule has 2 aromatic heterocycles. The van der Waals surface area contributed by atoms with Gasteiger partial charge in [0.15, 0.2) is 0 Å². The van der Waals surface area contributed by atoms with E-state index in [9.17, 15) is 5.11 Å². The van der Waals surface area contributed by atoms with Crippen molar-refractivity contribution in [3.8, 4) is 11.5 Å². The molecule has 126 valence electrons. The van der Waals surface area contributed by atoms with Crippen LogP contribution in [0.2, 0.25) is 5.02 Å². The lowest BCUT2D eigenvalue weighted by Gasteiger charge is -2.10. The van der Waals surface area contributed by atoms with Gasteiger partial charge in [0, 0.05) is 29.4 Å². The van der Waals surface area contributed by atoms with Crippen LogP contribution >= 0.6 is 11.6 Å². The molecular weight excluding hydrogens is 338 g/mol. The number of ether oxygens (including phenoxy) is 1. The number of nitrogens with zero attached hydrogens (tertiary/aromatic N) is 2. The van der Waals surface area contributed by atoms with Crippen molar-refractivity contribution in [2.75, 3.05) is 0 Å². The first-order valence-corrected chi connectivity index (χ1v) is 8.25. The number of imidazole rings is 1. The maximum atomic E-state index is 9.72. The number of H-pyrrole nitrogens is 1. The fraction of sp³-hybridized carbons (Fsp3) is 0.105. The van der Waals surface area contributed by atoms with Crippen molar-refractivity contribution in [1.29, 1.82) is 0 Å². The molecule has 5 nitrogen and oxygen atoms in total. The van der Waals surface area contributed by atoms with E-state index in [1.165, 1.54) is 0 Å². The molecule has 0 unspecified atom stereocenters. The molecule has 2 N–H and O–H groups in total. The highest BCUT2D eigenvalue weighted by molar-refractivity contribution is 6.35. The molecule has 25 heavy (non-hydrogen) atoms. The third-order valence-corrected chi connectivity index (χ3v) is 4.36. The molecule has 6 heteroatoms. The number of aliphatic hydroxyl groups is 1. The van der Waals surface area contributed by atoms with Gasteiger partial charge in [-0.3, -0.25) is 0 Å². The van der Waals surface area contributed by atoms with Crippen molar-refractivity contribution >= 4 is 22.5 Å². The molecule has 0 bridgehead atoms. The minimum atomic E-state index is -0.0791. The standard InChI is InChI=1S/C19H16ClN3O2/c20-18-7-16(25-15-4-2-1-3-5-15)8-19-17(18)6-14(11-24)23(19)10-13-9-21-12-22-13/h1-9,12,24H,10-11H2,(H,21,22). The molecule has 0 saturated carbocycles. The van der Waals surface area contributed by atoms with E-state index in [0.717, 1.165) is 28.0 Å². The van der Waals surface area contributed by atoms with E-state index in [1.807, 2.05) is 53.2 Å². The minimum absolute atomic E-state index is 0.0791. The van der Waals surface area contributed by atoms with Gasteiger partial charge in [-0.1, -0.05) is 29.8 Å². The van der Waals surface area contributed by atoms with Gasteiger partial charge in [-0.25, -0.2) is 4.98 Å². The number of aromatic amines is 1. The van der Waals surface area contributed by atoms with Gasteiger partial charge in [-0.15, -0.1) is 0 Å². The molecule has 0 spiro atoms. The lowest BCUT2D eigenvalue weighted by Crippen LogP contribution is -2.04. The summed E-state index contributed by atoms with van der Waals surface area (Å²) < 4.78 is 7.91. The maximum absolute atomic E-state index is 9.72. The molecule has 0 atom stereocenters. The molecule has 2 aromatic carbocycles. The summed E-state index contributed by atoms with van der Waals surface area (Å²) in [5.41, 5.74) is 2.54. The highest BCUT2D eigenvalue weighted by Gasteiger charge is 2.14. The Morgan fingerprint density at radius 2 is 1.96 bits per heavy atom. The molecule has 4 rings (SSSR count). The zero-order valence-corrected chi connectivity index (χ0v) is 14.1. The van der Waals surface area contributed by atoms with Crippen LogP contribution in [-0.2, 0) is 13.2 Å². The van der Waals surface area contributed by atoms with Gasteiger partial charge in [0.25, 0.3) is 0 Å². The second kappa shape index (κ2) is 6.63. The molecule has 0 radical (unpaired) electrons. The molecule has 0 aliphatic carbocycles. The largest absolute Gasteiger partial charge is 0.457 e. The number of aromatic nitrogens is 3. The third-order valence-electron chi connectivity index (χ3n) is 4.05. The topological polar surface area (TPSA) is 63.1 Å². The zero-order chi connectivity index (χ0) is 17.2. The molecule has 2 heterocycles. The van der Waals surface area contributed by atoms with Crippen LogP contribution in [0.15, 0.2) is 61.1 Å². The van der Waals surface area contributed by atoms with Gasteiger partial charge in [-0.2, -0.15) is 0 Å². The van der Waals surface area contributed by atoms with E-state index in [4.69, 9.17) is 16.3 Å². The first-order chi connectivity index (χ1) is 12.2. The van der Waals surface area contributed by atoms with Gasteiger partial charge in [0.05, 0.1) is 35.7 Å². The monoisotopic (exact) mass is 353 g/mol. The molecule has 0 amide bonds. The smallest absolute Gasteiger partial charge is 0.131 e. The van der Waals surface area contributed by atoms with E-state index in [0.29, 0.717) is 17.3 Å². The Kier molecular flexibility index (Phi) is 4.17. The van der Waals surface area contributed by atoms with Crippen molar-refractivity contribution in [2.24, 2.45) is 0 Å². The Balaban J connectivity index is 1.80. The number of nitrogens with one attached hydrogen (secondary N) is 1. The summed E-state index contributed by atoms with van der Waals surface area (Å²) >= 11 is 6.46. The van der Waals surface area contributed by atoms with E-state index in [1.54, 1.807) is 12.4 Å². The van der Waals surface area contributed by atoms with Crippen LogP contribution in [0.3, 0.4) is 0 Å². The minimum Gasteiger partial charge on any atom is -0.457 e. The number of benzene rings is 2. The first-order valence-electron chi connectivity index (χ1n) is 7.87. The van der Waals surface area contributed by atoms with Gasteiger partial charge < -0.3 is 19.4 Å². The van der Waals surface area contributed by atoms with Gasteiger partial charge in [-0.05, 0) is 18.2 Å². The number of hydrogen-bond donors (Lipinski definition) is 2. The molecule has 0 saturated heterocycles. The SMILES string of the molecule is OCc1cc2c(Cl)cc(Oc3ccccc3)cc2n1Cc1c[nH]cn1. The fourth-order valence-corrected chi connectivity index (χ4v) is 3.14. The van der Waals surface area contributed by atoms with Crippen molar-refractivity contribution in [1.82, 2.24) is 14.5 Å². The van der Waals surface area contributed by atoms with E-state index >= 15 is 0 Å². The number of fused-ring (bicyclic) bond motifs is 1. The fourth-order valence-electron chi connectivity index (χ4n) is 2.89. The summed E-state index contributed by atoms with van der Waals surface area (Å²) in [4.78, 5) is 7.21. The van der Waals surface area contributed by atoms with E-state index < -0.39 is 0 Å². The van der Waals surface area contributed by atoms with E-state index in [-0.39, 0.29) is 6.61 Å². The lowest BCUT2D eigenvalue weighted by molar-refractivity contribution is 0.272. The normalized spacial score (nSPS) is 11.1. The van der Waals surface area contributed by atoms with Crippen LogP contribution in [0.5, 0.6) is 11.5 Å². The summed E-state index contributed by atoms with van der Waals surface area (Å²) in [5.74, 6) is 1.39. The molecule has 0 aliphatic rings. The molecule has 0 aliphatic heterocycles. The maximum Gasteiger partial charge on any atom is 0.131 e. The van der Waals surface area contributed by atoms with Crippen LogP contribution in [0.1, 0.15) is 11.4 Å². The number of aliphatic hydroxyl groups excluding tert-OH is 1. The molecule has 4 aromatic rings. The molecular formula is C19H16ClN3O2.